The minimum Gasteiger partial charge on any atom is -0.311 e. The maximum atomic E-state index is 12.8. The van der Waals surface area contributed by atoms with Gasteiger partial charge in [-0.15, -0.1) is 0 Å². The van der Waals surface area contributed by atoms with Crippen LogP contribution in [0.15, 0.2) is 30.3 Å². The van der Waals surface area contributed by atoms with Crippen molar-refractivity contribution in [3.63, 3.8) is 0 Å². The Morgan fingerprint density at radius 3 is 2.65 bits per heavy atom. The van der Waals surface area contributed by atoms with Gasteiger partial charge in [-0.1, -0.05) is 18.2 Å². The van der Waals surface area contributed by atoms with E-state index in [0.717, 1.165) is 56.8 Å². The molecule has 2 aliphatic rings. The Hall–Kier alpha value is -2.14. The van der Waals surface area contributed by atoms with Gasteiger partial charge in [0.1, 0.15) is 0 Å². The number of anilines is 1. The lowest BCUT2D eigenvalue weighted by Gasteiger charge is -2.32. The molecule has 1 amide bonds. The van der Waals surface area contributed by atoms with Crippen LogP contribution in [0.2, 0.25) is 0 Å². The van der Waals surface area contributed by atoms with E-state index in [1.807, 2.05) is 17.9 Å². The molecule has 2 aromatic rings. The Morgan fingerprint density at radius 2 is 1.92 bits per heavy atom. The van der Waals surface area contributed by atoms with E-state index in [1.54, 1.807) is 0 Å². The van der Waals surface area contributed by atoms with Gasteiger partial charge >= 0.3 is 0 Å². The second-order valence-electron chi connectivity index (χ2n) is 7.75. The maximum absolute atomic E-state index is 12.8. The minimum absolute atomic E-state index is 0.243. The van der Waals surface area contributed by atoms with Gasteiger partial charge in [0, 0.05) is 24.5 Å². The largest absolute Gasteiger partial charge is 0.311 e. The zero-order valence-electron chi connectivity index (χ0n) is 15.8. The fourth-order valence-corrected chi connectivity index (χ4v) is 4.31. The van der Waals surface area contributed by atoms with E-state index < -0.39 is 0 Å². The van der Waals surface area contributed by atoms with Crippen molar-refractivity contribution in [2.75, 3.05) is 31.1 Å². The van der Waals surface area contributed by atoms with E-state index >= 15 is 0 Å². The first-order valence-corrected chi connectivity index (χ1v) is 9.72. The van der Waals surface area contributed by atoms with Crippen LogP contribution in [0.4, 0.5) is 5.69 Å². The fourth-order valence-electron chi connectivity index (χ4n) is 4.31. The average molecular weight is 352 g/mol. The van der Waals surface area contributed by atoms with Gasteiger partial charge in [-0.3, -0.25) is 14.4 Å². The normalized spacial score (nSPS) is 18.3. The van der Waals surface area contributed by atoms with Crippen LogP contribution in [-0.4, -0.2) is 46.8 Å². The zero-order valence-corrected chi connectivity index (χ0v) is 15.8. The highest BCUT2D eigenvalue weighted by Crippen LogP contribution is 2.28. The van der Waals surface area contributed by atoms with Gasteiger partial charge in [-0.05, 0) is 69.8 Å². The SMILES string of the molecule is Cc1cc(C)n(CC2CCN(CC(=O)N3CCc4ccccc43)CC2)n1. The summed E-state index contributed by atoms with van der Waals surface area (Å²) in [5.74, 6) is 0.902. The topological polar surface area (TPSA) is 41.4 Å². The molecule has 1 fully saturated rings. The number of carbonyl (C=O) groups excluding carboxylic acids is 1. The second-order valence-corrected chi connectivity index (χ2v) is 7.75. The summed E-state index contributed by atoms with van der Waals surface area (Å²) in [4.78, 5) is 17.1. The Labute approximate surface area is 155 Å². The molecule has 0 spiro atoms. The van der Waals surface area contributed by atoms with Crippen LogP contribution < -0.4 is 4.90 Å². The van der Waals surface area contributed by atoms with Gasteiger partial charge in [0.25, 0.3) is 0 Å². The van der Waals surface area contributed by atoms with Crippen molar-refractivity contribution < 1.29 is 4.79 Å². The van der Waals surface area contributed by atoms with E-state index in [1.165, 1.54) is 11.3 Å². The minimum atomic E-state index is 0.243. The number of carbonyl (C=O) groups is 1. The Bertz CT molecular complexity index is 789. The molecule has 1 aromatic heterocycles. The lowest BCUT2D eigenvalue weighted by molar-refractivity contribution is -0.120. The lowest BCUT2D eigenvalue weighted by atomic mass is 9.97. The van der Waals surface area contributed by atoms with E-state index in [9.17, 15) is 4.79 Å². The highest BCUT2D eigenvalue weighted by molar-refractivity contribution is 5.96. The molecule has 5 heteroatoms. The molecule has 0 atom stereocenters. The molecule has 26 heavy (non-hydrogen) atoms. The van der Waals surface area contributed by atoms with Crippen LogP contribution in [0.1, 0.15) is 29.8 Å². The molecule has 4 rings (SSSR count). The highest BCUT2D eigenvalue weighted by atomic mass is 16.2. The van der Waals surface area contributed by atoms with Gasteiger partial charge in [0.2, 0.25) is 5.91 Å². The molecule has 138 valence electrons. The molecule has 0 aliphatic carbocycles. The van der Waals surface area contributed by atoms with Crippen LogP contribution in [-0.2, 0) is 17.8 Å². The predicted octanol–water partition coefficient (Wildman–Crippen LogP) is 2.80. The predicted molar refractivity (Wildman–Crippen MR) is 103 cm³/mol. The van der Waals surface area contributed by atoms with Crippen molar-refractivity contribution >= 4 is 11.6 Å². The van der Waals surface area contributed by atoms with Gasteiger partial charge < -0.3 is 4.90 Å². The van der Waals surface area contributed by atoms with Crippen LogP contribution in [0.3, 0.4) is 0 Å². The van der Waals surface area contributed by atoms with Crippen molar-refractivity contribution in [1.29, 1.82) is 0 Å². The smallest absolute Gasteiger partial charge is 0.241 e. The number of fused-ring (bicyclic) bond motifs is 1. The summed E-state index contributed by atoms with van der Waals surface area (Å²) < 4.78 is 2.14. The third-order valence-corrected chi connectivity index (χ3v) is 5.79. The van der Waals surface area contributed by atoms with Crippen LogP contribution in [0.5, 0.6) is 0 Å². The first kappa shape index (κ1) is 17.3. The van der Waals surface area contributed by atoms with Gasteiger partial charge in [0.15, 0.2) is 0 Å². The van der Waals surface area contributed by atoms with Crippen molar-refractivity contribution in [2.45, 2.75) is 39.7 Å². The summed E-state index contributed by atoms with van der Waals surface area (Å²) in [6.07, 6.45) is 3.26. The second kappa shape index (κ2) is 7.23. The van der Waals surface area contributed by atoms with E-state index in [-0.39, 0.29) is 5.91 Å². The van der Waals surface area contributed by atoms with E-state index in [4.69, 9.17) is 0 Å². The standard InChI is InChI=1S/C21H28N4O/c1-16-13-17(2)25(22-16)14-18-7-10-23(11-8-18)15-21(26)24-12-9-19-5-3-4-6-20(19)24/h3-6,13,18H,7-12,14-15H2,1-2H3. The summed E-state index contributed by atoms with van der Waals surface area (Å²) in [5.41, 5.74) is 4.74. The molecule has 0 saturated carbocycles. The van der Waals surface area contributed by atoms with Gasteiger partial charge in [-0.25, -0.2) is 0 Å². The molecule has 0 N–H and O–H groups in total. The first-order valence-electron chi connectivity index (χ1n) is 9.72. The Kier molecular flexibility index (Phi) is 4.81. The third kappa shape index (κ3) is 3.54. The average Bonchev–Trinajstić information content (AvgIpc) is 3.19. The van der Waals surface area contributed by atoms with Crippen LogP contribution in [0.25, 0.3) is 0 Å². The monoisotopic (exact) mass is 352 g/mol. The summed E-state index contributed by atoms with van der Waals surface area (Å²) in [6.45, 7) is 8.56. The number of likely N-dealkylation sites (tertiary alicyclic amines) is 1. The van der Waals surface area contributed by atoms with Crippen molar-refractivity contribution in [1.82, 2.24) is 14.7 Å². The molecular formula is C21H28N4O. The summed E-state index contributed by atoms with van der Waals surface area (Å²) >= 11 is 0. The van der Waals surface area contributed by atoms with Crippen LogP contribution in [0, 0.1) is 19.8 Å². The van der Waals surface area contributed by atoms with Crippen molar-refractivity contribution in [2.24, 2.45) is 5.92 Å². The molecule has 0 radical (unpaired) electrons. The quantitative estimate of drug-likeness (QED) is 0.850. The molecule has 2 aliphatic heterocycles. The number of para-hydroxylation sites is 1. The zero-order chi connectivity index (χ0) is 18.1. The number of rotatable bonds is 4. The molecule has 1 aromatic carbocycles. The Balaban J connectivity index is 1.29. The highest BCUT2D eigenvalue weighted by Gasteiger charge is 2.27. The number of hydrogen-bond acceptors (Lipinski definition) is 3. The Morgan fingerprint density at radius 1 is 1.15 bits per heavy atom. The number of hydrogen-bond donors (Lipinski definition) is 0. The summed E-state index contributed by atoms with van der Waals surface area (Å²) in [5, 5.41) is 4.59. The van der Waals surface area contributed by atoms with Crippen molar-refractivity contribution in [3.8, 4) is 0 Å². The molecule has 1 saturated heterocycles. The molecule has 3 heterocycles. The maximum Gasteiger partial charge on any atom is 0.241 e. The number of nitrogens with zero attached hydrogens (tertiary/aromatic N) is 4. The summed E-state index contributed by atoms with van der Waals surface area (Å²) in [7, 11) is 0. The number of aryl methyl sites for hydroxylation is 2. The fraction of sp³-hybridized carbons (Fsp3) is 0.524. The number of amides is 1. The molecule has 5 nitrogen and oxygen atoms in total. The molecular weight excluding hydrogens is 324 g/mol. The van der Waals surface area contributed by atoms with Gasteiger partial charge in [0.05, 0.1) is 12.2 Å². The molecule has 0 bridgehead atoms. The van der Waals surface area contributed by atoms with Crippen molar-refractivity contribution in [3.05, 3.63) is 47.3 Å². The van der Waals surface area contributed by atoms with E-state index in [0.29, 0.717) is 12.5 Å². The van der Waals surface area contributed by atoms with Crippen LogP contribution >= 0.6 is 0 Å². The van der Waals surface area contributed by atoms with Gasteiger partial charge in [-0.2, -0.15) is 5.10 Å². The number of aromatic nitrogens is 2. The first-order chi connectivity index (χ1) is 12.6. The molecule has 0 unspecified atom stereocenters. The van der Waals surface area contributed by atoms with E-state index in [2.05, 4.69) is 45.9 Å². The number of benzene rings is 1. The number of piperidine rings is 1. The summed E-state index contributed by atoms with van der Waals surface area (Å²) in [6, 6.07) is 10.4. The third-order valence-electron chi connectivity index (χ3n) is 5.79. The lowest BCUT2D eigenvalue weighted by Crippen LogP contribution is -2.43.